The molecule has 5 heteroatoms. The summed E-state index contributed by atoms with van der Waals surface area (Å²) in [5.41, 5.74) is 4.19. The molecule has 1 aliphatic rings. The lowest BCUT2D eigenvalue weighted by Crippen LogP contribution is -2.40. The number of aromatic nitrogens is 2. The molecule has 3 aromatic rings. The smallest absolute Gasteiger partial charge is 0.226 e. The zero-order valence-electron chi connectivity index (χ0n) is 17.3. The average molecular weight is 402 g/mol. The quantitative estimate of drug-likeness (QED) is 0.604. The predicted octanol–water partition coefficient (Wildman–Crippen LogP) is 4.63. The van der Waals surface area contributed by atoms with Crippen LogP contribution in [0, 0.1) is 6.92 Å². The molecule has 2 aromatic carbocycles. The molecular weight excluding hydrogens is 374 g/mol. The van der Waals surface area contributed by atoms with E-state index in [0.717, 1.165) is 42.1 Å². The van der Waals surface area contributed by atoms with Crippen LogP contribution in [-0.4, -0.2) is 40.5 Å². The van der Waals surface area contributed by atoms with Crippen molar-refractivity contribution in [3.8, 4) is 17.0 Å². The Hall–Kier alpha value is -3.21. The summed E-state index contributed by atoms with van der Waals surface area (Å²) in [5.74, 6) is 1.13. The molecule has 1 aromatic heterocycles. The minimum Gasteiger partial charge on any atom is -0.493 e. The van der Waals surface area contributed by atoms with Crippen LogP contribution in [0.4, 0.5) is 0 Å². The summed E-state index contributed by atoms with van der Waals surface area (Å²) in [7, 11) is 0. The van der Waals surface area contributed by atoms with E-state index in [4.69, 9.17) is 4.74 Å². The summed E-state index contributed by atoms with van der Waals surface area (Å²) >= 11 is 0. The van der Waals surface area contributed by atoms with Gasteiger partial charge in [-0.05, 0) is 38.0 Å². The number of likely N-dealkylation sites (tertiary alicyclic amines) is 1. The third-order valence-electron chi connectivity index (χ3n) is 5.51. The summed E-state index contributed by atoms with van der Waals surface area (Å²) in [6, 6.07) is 18.0. The number of hydrogen-bond acceptors (Lipinski definition) is 4. The van der Waals surface area contributed by atoms with Crippen LogP contribution in [0.1, 0.15) is 36.4 Å². The fourth-order valence-electron chi connectivity index (χ4n) is 4.02. The van der Waals surface area contributed by atoms with Crippen LogP contribution in [0.25, 0.3) is 11.3 Å². The highest BCUT2D eigenvalue weighted by Crippen LogP contribution is 2.32. The van der Waals surface area contributed by atoms with Gasteiger partial charge in [-0.25, -0.2) is 0 Å². The number of carbonyl (C=O) groups excluding carboxylic acids is 1. The van der Waals surface area contributed by atoms with Crippen LogP contribution in [0.15, 0.2) is 67.0 Å². The van der Waals surface area contributed by atoms with E-state index in [2.05, 4.69) is 35.1 Å². The Kier molecular flexibility index (Phi) is 6.38. The summed E-state index contributed by atoms with van der Waals surface area (Å²) in [6.07, 6.45) is 5.87. The number of carbonyl (C=O) groups is 1. The lowest BCUT2D eigenvalue weighted by Gasteiger charge is -2.33. The van der Waals surface area contributed by atoms with Crippen molar-refractivity contribution in [2.75, 3.05) is 19.7 Å². The molecule has 1 fully saturated rings. The number of hydrogen-bond donors (Lipinski definition) is 0. The second kappa shape index (κ2) is 9.53. The Bertz CT molecular complexity index is 990. The third-order valence-corrected chi connectivity index (χ3v) is 5.51. The highest BCUT2D eigenvalue weighted by molar-refractivity contribution is 5.76. The summed E-state index contributed by atoms with van der Waals surface area (Å²) in [4.78, 5) is 24.0. The number of ether oxygens (including phenoxy) is 1. The second-order valence-electron chi connectivity index (χ2n) is 7.75. The Morgan fingerprint density at radius 1 is 1.10 bits per heavy atom. The largest absolute Gasteiger partial charge is 0.493 e. The van der Waals surface area contributed by atoms with Gasteiger partial charge >= 0.3 is 0 Å². The van der Waals surface area contributed by atoms with E-state index < -0.39 is 0 Å². The van der Waals surface area contributed by atoms with Crippen LogP contribution in [0.3, 0.4) is 0 Å². The van der Waals surface area contributed by atoms with Crippen molar-refractivity contribution >= 4 is 5.91 Å². The molecule has 0 radical (unpaired) electrons. The van der Waals surface area contributed by atoms with Crippen LogP contribution < -0.4 is 4.74 Å². The van der Waals surface area contributed by atoms with Crippen molar-refractivity contribution in [3.05, 3.63) is 78.2 Å². The van der Waals surface area contributed by atoms with E-state index in [1.165, 1.54) is 5.56 Å². The highest BCUT2D eigenvalue weighted by atomic mass is 16.5. The number of para-hydroxylation sites is 1. The molecule has 5 nitrogen and oxygen atoms in total. The lowest BCUT2D eigenvalue weighted by molar-refractivity contribution is -0.132. The number of nitrogens with zero attached hydrogens (tertiary/aromatic N) is 3. The molecule has 0 bridgehead atoms. The molecule has 1 saturated heterocycles. The van der Waals surface area contributed by atoms with E-state index in [-0.39, 0.29) is 11.8 Å². The van der Waals surface area contributed by atoms with Gasteiger partial charge in [-0.15, -0.1) is 0 Å². The Morgan fingerprint density at radius 2 is 1.93 bits per heavy atom. The molecule has 1 atom stereocenters. The molecular formula is C25H27N3O2. The Morgan fingerprint density at radius 3 is 2.77 bits per heavy atom. The normalized spacial score (nSPS) is 16.3. The molecule has 0 saturated carbocycles. The zero-order valence-corrected chi connectivity index (χ0v) is 17.3. The SMILES string of the molecule is Cc1cccc(-c2nccnc2[C@H]2CCCN(C(=O)CCOc3ccccc3)C2)c1. The number of aryl methyl sites for hydroxylation is 1. The van der Waals surface area contributed by atoms with Crippen LogP contribution in [0.2, 0.25) is 0 Å². The first-order valence-electron chi connectivity index (χ1n) is 10.5. The van der Waals surface area contributed by atoms with E-state index in [1.807, 2.05) is 41.3 Å². The standard InChI is InChI=1S/C25H27N3O2/c1-19-7-5-8-20(17-19)24-25(27-14-13-26-24)21-9-6-15-28(18-21)23(29)12-16-30-22-10-3-2-4-11-22/h2-5,7-8,10-11,13-14,17,21H,6,9,12,15-16,18H2,1H3/t21-/m0/s1. The summed E-state index contributed by atoms with van der Waals surface area (Å²) in [6.45, 7) is 3.95. The lowest BCUT2D eigenvalue weighted by atomic mass is 9.91. The Labute approximate surface area is 177 Å². The molecule has 1 amide bonds. The minimum absolute atomic E-state index is 0.136. The molecule has 0 unspecified atom stereocenters. The van der Waals surface area contributed by atoms with E-state index in [0.29, 0.717) is 19.6 Å². The molecule has 0 spiro atoms. The molecule has 0 N–H and O–H groups in total. The van der Waals surface area contributed by atoms with Gasteiger partial charge < -0.3 is 9.64 Å². The first kappa shape index (κ1) is 20.1. The molecule has 30 heavy (non-hydrogen) atoms. The van der Waals surface area contributed by atoms with Gasteiger partial charge in [-0.3, -0.25) is 14.8 Å². The maximum Gasteiger partial charge on any atom is 0.226 e. The van der Waals surface area contributed by atoms with Gasteiger partial charge in [0, 0.05) is 37.0 Å². The van der Waals surface area contributed by atoms with E-state index >= 15 is 0 Å². The van der Waals surface area contributed by atoms with Crippen LogP contribution >= 0.6 is 0 Å². The molecule has 154 valence electrons. The zero-order chi connectivity index (χ0) is 20.8. The van der Waals surface area contributed by atoms with Gasteiger partial charge in [0.15, 0.2) is 0 Å². The number of piperidine rings is 1. The summed E-state index contributed by atoms with van der Waals surface area (Å²) in [5, 5.41) is 0. The minimum atomic E-state index is 0.136. The number of benzene rings is 2. The van der Waals surface area contributed by atoms with Crippen LogP contribution in [0.5, 0.6) is 5.75 Å². The average Bonchev–Trinajstić information content (AvgIpc) is 2.80. The fourth-order valence-corrected chi connectivity index (χ4v) is 4.02. The molecule has 2 heterocycles. The van der Waals surface area contributed by atoms with Gasteiger partial charge in [-0.2, -0.15) is 0 Å². The maximum atomic E-state index is 12.8. The second-order valence-corrected chi connectivity index (χ2v) is 7.75. The monoisotopic (exact) mass is 401 g/mol. The first-order valence-corrected chi connectivity index (χ1v) is 10.5. The van der Waals surface area contributed by atoms with E-state index in [9.17, 15) is 4.79 Å². The molecule has 1 aliphatic heterocycles. The van der Waals surface area contributed by atoms with Gasteiger partial charge in [0.1, 0.15) is 5.75 Å². The van der Waals surface area contributed by atoms with Crippen molar-refractivity contribution < 1.29 is 9.53 Å². The van der Waals surface area contributed by atoms with Crippen molar-refractivity contribution in [3.63, 3.8) is 0 Å². The predicted molar refractivity (Wildman–Crippen MR) is 117 cm³/mol. The van der Waals surface area contributed by atoms with Gasteiger partial charge in [0.25, 0.3) is 0 Å². The van der Waals surface area contributed by atoms with Crippen molar-refractivity contribution in [1.29, 1.82) is 0 Å². The number of rotatable bonds is 6. The van der Waals surface area contributed by atoms with Gasteiger partial charge in [0.05, 0.1) is 24.4 Å². The third kappa shape index (κ3) is 4.85. The van der Waals surface area contributed by atoms with E-state index in [1.54, 1.807) is 12.4 Å². The first-order chi connectivity index (χ1) is 14.7. The van der Waals surface area contributed by atoms with Crippen LogP contribution in [-0.2, 0) is 4.79 Å². The fraction of sp³-hybridized carbons (Fsp3) is 0.320. The maximum absolute atomic E-state index is 12.8. The van der Waals surface area contributed by atoms with Gasteiger partial charge in [0.2, 0.25) is 5.91 Å². The highest BCUT2D eigenvalue weighted by Gasteiger charge is 2.27. The topological polar surface area (TPSA) is 55.3 Å². The van der Waals surface area contributed by atoms with Crippen molar-refractivity contribution in [1.82, 2.24) is 14.9 Å². The van der Waals surface area contributed by atoms with Crippen molar-refractivity contribution in [2.24, 2.45) is 0 Å². The molecule has 4 rings (SSSR count). The Balaban J connectivity index is 1.42. The number of amides is 1. The van der Waals surface area contributed by atoms with Gasteiger partial charge in [-0.1, -0.05) is 42.0 Å². The summed E-state index contributed by atoms with van der Waals surface area (Å²) < 4.78 is 5.70. The molecule has 0 aliphatic carbocycles. The van der Waals surface area contributed by atoms with Crippen molar-refractivity contribution in [2.45, 2.75) is 32.1 Å².